The second-order valence-corrected chi connectivity index (χ2v) is 6.09. The Balaban J connectivity index is 0.00000180. The number of likely N-dealkylation sites (tertiary alicyclic amines) is 1. The summed E-state index contributed by atoms with van der Waals surface area (Å²) in [5.41, 5.74) is 5.69. The van der Waals surface area contributed by atoms with E-state index in [0.717, 1.165) is 51.6 Å². The fourth-order valence-electron chi connectivity index (χ4n) is 3.30. The maximum atomic E-state index is 12.5. The largest absolute Gasteiger partial charge is 0.393 e. The highest BCUT2D eigenvalue weighted by molar-refractivity contribution is 5.86. The summed E-state index contributed by atoms with van der Waals surface area (Å²) in [6.45, 7) is 3.36. The molecule has 3 N–H and O–H groups in total. The molecule has 2 rings (SSSR count). The molecular formula is C14H27ClN2O2. The monoisotopic (exact) mass is 290 g/mol. The SMILES string of the molecule is CC(O)C1CCN(C(=O)C2(N)CCCCC2)CC1.Cl. The van der Waals surface area contributed by atoms with Crippen molar-refractivity contribution in [1.82, 2.24) is 4.90 Å². The summed E-state index contributed by atoms with van der Waals surface area (Å²) in [5, 5.41) is 9.57. The summed E-state index contributed by atoms with van der Waals surface area (Å²) in [6.07, 6.45) is 6.57. The molecule has 1 saturated carbocycles. The number of hydrogen-bond donors (Lipinski definition) is 2. The molecule has 1 saturated heterocycles. The van der Waals surface area contributed by atoms with Crippen LogP contribution in [0, 0.1) is 5.92 Å². The molecule has 0 bridgehead atoms. The average molecular weight is 291 g/mol. The summed E-state index contributed by atoms with van der Waals surface area (Å²) in [4.78, 5) is 14.4. The smallest absolute Gasteiger partial charge is 0.242 e. The third-order valence-corrected chi connectivity index (χ3v) is 4.68. The van der Waals surface area contributed by atoms with E-state index in [1.54, 1.807) is 0 Å². The van der Waals surface area contributed by atoms with Crippen LogP contribution < -0.4 is 5.73 Å². The number of aliphatic hydroxyl groups is 1. The second-order valence-electron chi connectivity index (χ2n) is 6.09. The van der Waals surface area contributed by atoms with Gasteiger partial charge in [0.2, 0.25) is 5.91 Å². The Hall–Kier alpha value is -0.320. The molecule has 1 unspecified atom stereocenters. The zero-order valence-electron chi connectivity index (χ0n) is 11.8. The zero-order chi connectivity index (χ0) is 13.2. The fraction of sp³-hybridized carbons (Fsp3) is 0.929. The van der Waals surface area contributed by atoms with E-state index in [1.807, 2.05) is 11.8 Å². The number of piperidine rings is 1. The number of aliphatic hydroxyl groups excluding tert-OH is 1. The Morgan fingerprint density at radius 3 is 2.26 bits per heavy atom. The molecule has 1 aliphatic carbocycles. The molecule has 0 aromatic carbocycles. The van der Waals surface area contributed by atoms with Crippen LogP contribution in [0.4, 0.5) is 0 Å². The summed E-state index contributed by atoms with van der Waals surface area (Å²) >= 11 is 0. The lowest BCUT2D eigenvalue weighted by atomic mass is 9.80. The number of nitrogens with two attached hydrogens (primary N) is 1. The molecule has 1 amide bonds. The van der Waals surface area contributed by atoms with Crippen molar-refractivity contribution < 1.29 is 9.90 Å². The van der Waals surface area contributed by atoms with Crippen molar-refractivity contribution in [3.05, 3.63) is 0 Å². The third-order valence-electron chi connectivity index (χ3n) is 4.68. The Labute approximate surface area is 122 Å². The van der Waals surface area contributed by atoms with Crippen LogP contribution >= 0.6 is 12.4 Å². The predicted octanol–water partition coefficient (Wildman–Crippen LogP) is 1.69. The number of hydrogen-bond acceptors (Lipinski definition) is 3. The standard InChI is InChI=1S/C14H26N2O2.ClH/c1-11(17)12-5-9-16(10-6-12)13(18)14(15)7-3-2-4-8-14;/h11-12,17H,2-10,15H2,1H3;1H. The lowest BCUT2D eigenvalue weighted by Gasteiger charge is -2.40. The predicted molar refractivity (Wildman–Crippen MR) is 78.2 cm³/mol. The van der Waals surface area contributed by atoms with Crippen molar-refractivity contribution in [3.63, 3.8) is 0 Å². The minimum Gasteiger partial charge on any atom is -0.393 e. The summed E-state index contributed by atoms with van der Waals surface area (Å²) in [5.74, 6) is 0.486. The quantitative estimate of drug-likeness (QED) is 0.813. The molecule has 2 fully saturated rings. The molecule has 0 aromatic heterocycles. The molecule has 19 heavy (non-hydrogen) atoms. The van der Waals surface area contributed by atoms with Gasteiger partial charge in [-0.25, -0.2) is 0 Å². The Morgan fingerprint density at radius 2 is 1.79 bits per heavy atom. The van der Waals surface area contributed by atoms with E-state index in [-0.39, 0.29) is 24.4 Å². The van der Waals surface area contributed by atoms with Gasteiger partial charge in [0.15, 0.2) is 0 Å². The minimum atomic E-state index is -0.601. The molecule has 4 nitrogen and oxygen atoms in total. The molecule has 1 heterocycles. The van der Waals surface area contributed by atoms with Gasteiger partial charge in [0, 0.05) is 13.1 Å². The molecule has 1 aliphatic heterocycles. The molecule has 112 valence electrons. The average Bonchev–Trinajstić information content (AvgIpc) is 2.39. The van der Waals surface area contributed by atoms with Crippen molar-refractivity contribution in [3.8, 4) is 0 Å². The maximum absolute atomic E-state index is 12.5. The normalized spacial score (nSPS) is 25.5. The summed E-state index contributed by atoms with van der Waals surface area (Å²) in [6, 6.07) is 0. The number of rotatable bonds is 2. The first-order valence-corrected chi connectivity index (χ1v) is 7.29. The van der Waals surface area contributed by atoms with E-state index in [0.29, 0.717) is 5.92 Å². The van der Waals surface area contributed by atoms with Crippen molar-refractivity contribution in [2.45, 2.75) is 63.5 Å². The highest BCUT2D eigenvalue weighted by atomic mass is 35.5. The van der Waals surface area contributed by atoms with E-state index >= 15 is 0 Å². The highest BCUT2D eigenvalue weighted by Crippen LogP contribution is 2.29. The number of amides is 1. The first kappa shape index (κ1) is 16.7. The van der Waals surface area contributed by atoms with Gasteiger partial charge in [-0.3, -0.25) is 4.79 Å². The van der Waals surface area contributed by atoms with Gasteiger partial charge in [0.25, 0.3) is 0 Å². The van der Waals surface area contributed by atoms with Crippen LogP contribution in [-0.2, 0) is 4.79 Å². The Bertz CT molecular complexity index is 296. The van der Waals surface area contributed by atoms with Crippen LogP contribution in [0.25, 0.3) is 0 Å². The van der Waals surface area contributed by atoms with Crippen molar-refractivity contribution in [2.75, 3.05) is 13.1 Å². The van der Waals surface area contributed by atoms with Gasteiger partial charge in [-0.15, -0.1) is 12.4 Å². The van der Waals surface area contributed by atoms with Gasteiger partial charge in [0.05, 0.1) is 11.6 Å². The summed E-state index contributed by atoms with van der Waals surface area (Å²) in [7, 11) is 0. The number of nitrogens with zero attached hydrogens (tertiary/aromatic N) is 1. The minimum absolute atomic E-state index is 0. The molecule has 0 radical (unpaired) electrons. The van der Waals surface area contributed by atoms with Gasteiger partial charge in [-0.1, -0.05) is 19.3 Å². The number of halogens is 1. The van der Waals surface area contributed by atoms with Gasteiger partial charge in [0.1, 0.15) is 0 Å². The lowest BCUT2D eigenvalue weighted by Crippen LogP contribution is -2.57. The van der Waals surface area contributed by atoms with E-state index in [9.17, 15) is 9.90 Å². The molecular weight excluding hydrogens is 264 g/mol. The van der Waals surface area contributed by atoms with Crippen LogP contribution in [0.3, 0.4) is 0 Å². The molecule has 2 aliphatic rings. The molecule has 0 aromatic rings. The number of carbonyl (C=O) groups excluding carboxylic acids is 1. The van der Waals surface area contributed by atoms with Crippen LogP contribution in [0.5, 0.6) is 0 Å². The Morgan fingerprint density at radius 1 is 1.26 bits per heavy atom. The van der Waals surface area contributed by atoms with Crippen molar-refractivity contribution >= 4 is 18.3 Å². The van der Waals surface area contributed by atoms with Gasteiger partial charge < -0.3 is 15.7 Å². The zero-order valence-corrected chi connectivity index (χ0v) is 12.6. The third kappa shape index (κ3) is 3.83. The maximum Gasteiger partial charge on any atom is 0.242 e. The van der Waals surface area contributed by atoms with Crippen LogP contribution in [0.2, 0.25) is 0 Å². The number of carbonyl (C=O) groups is 1. The first-order valence-electron chi connectivity index (χ1n) is 7.29. The summed E-state index contributed by atoms with van der Waals surface area (Å²) < 4.78 is 0. The lowest BCUT2D eigenvalue weighted by molar-refractivity contribution is -0.140. The van der Waals surface area contributed by atoms with Crippen LogP contribution in [0.15, 0.2) is 0 Å². The first-order chi connectivity index (χ1) is 8.53. The van der Waals surface area contributed by atoms with Gasteiger partial charge in [-0.2, -0.15) is 0 Å². The van der Waals surface area contributed by atoms with E-state index in [4.69, 9.17) is 5.73 Å². The van der Waals surface area contributed by atoms with Gasteiger partial charge in [-0.05, 0) is 38.5 Å². The fourth-order valence-corrected chi connectivity index (χ4v) is 3.30. The second kappa shape index (κ2) is 6.91. The Kier molecular flexibility index (Phi) is 6.09. The van der Waals surface area contributed by atoms with Crippen LogP contribution in [0.1, 0.15) is 51.9 Å². The van der Waals surface area contributed by atoms with E-state index in [2.05, 4.69) is 0 Å². The topological polar surface area (TPSA) is 66.6 Å². The van der Waals surface area contributed by atoms with Crippen molar-refractivity contribution in [1.29, 1.82) is 0 Å². The van der Waals surface area contributed by atoms with E-state index < -0.39 is 5.54 Å². The van der Waals surface area contributed by atoms with Gasteiger partial charge >= 0.3 is 0 Å². The molecule has 5 heteroatoms. The van der Waals surface area contributed by atoms with E-state index in [1.165, 1.54) is 6.42 Å². The van der Waals surface area contributed by atoms with Crippen LogP contribution in [-0.4, -0.2) is 40.6 Å². The molecule has 1 atom stereocenters. The molecule has 0 spiro atoms. The van der Waals surface area contributed by atoms with Crippen molar-refractivity contribution in [2.24, 2.45) is 11.7 Å². The highest BCUT2D eigenvalue weighted by Gasteiger charge is 2.39.